The van der Waals surface area contributed by atoms with Crippen LogP contribution in [0.1, 0.15) is 39.5 Å². The van der Waals surface area contributed by atoms with Crippen molar-refractivity contribution >= 4 is 10.0 Å². The minimum Gasteiger partial charge on any atom is -0.383 e. The van der Waals surface area contributed by atoms with E-state index in [-0.39, 0.29) is 11.8 Å². The van der Waals surface area contributed by atoms with Crippen LogP contribution < -0.4 is 5.32 Å². The van der Waals surface area contributed by atoms with E-state index >= 15 is 0 Å². The van der Waals surface area contributed by atoms with Gasteiger partial charge in [-0.05, 0) is 51.6 Å². The fourth-order valence-electron chi connectivity index (χ4n) is 2.39. The Morgan fingerprint density at radius 1 is 1.35 bits per heavy atom. The zero-order valence-electron chi connectivity index (χ0n) is 13.1. The molecule has 0 amide bonds. The van der Waals surface area contributed by atoms with E-state index in [1.807, 2.05) is 6.92 Å². The molecule has 0 aromatic rings. The van der Waals surface area contributed by atoms with Crippen LogP contribution in [0.3, 0.4) is 0 Å². The van der Waals surface area contributed by atoms with Gasteiger partial charge in [-0.3, -0.25) is 0 Å². The monoisotopic (exact) mass is 306 g/mol. The van der Waals surface area contributed by atoms with Gasteiger partial charge in [0.15, 0.2) is 0 Å². The van der Waals surface area contributed by atoms with Gasteiger partial charge in [-0.15, -0.1) is 0 Å². The van der Waals surface area contributed by atoms with Crippen LogP contribution in [-0.2, 0) is 14.8 Å². The van der Waals surface area contributed by atoms with Gasteiger partial charge in [0.2, 0.25) is 10.0 Å². The van der Waals surface area contributed by atoms with Crippen LogP contribution >= 0.6 is 0 Å². The molecule has 1 fully saturated rings. The Morgan fingerprint density at radius 3 is 2.60 bits per heavy atom. The topological polar surface area (TPSA) is 58.6 Å². The van der Waals surface area contributed by atoms with Gasteiger partial charge in [0.1, 0.15) is 0 Å². The molecule has 0 spiro atoms. The SMILES string of the molecule is CCCNCCCS(=O)(=O)N(CCOC)C(C)C1CC1. The second-order valence-corrected chi connectivity index (χ2v) is 7.64. The molecule has 1 N–H and O–H groups in total. The average molecular weight is 306 g/mol. The molecule has 5 nitrogen and oxygen atoms in total. The van der Waals surface area contributed by atoms with Crippen LogP contribution in [0.25, 0.3) is 0 Å². The van der Waals surface area contributed by atoms with E-state index in [0.29, 0.717) is 25.5 Å². The van der Waals surface area contributed by atoms with Crippen molar-refractivity contribution in [1.29, 1.82) is 0 Å². The first-order chi connectivity index (χ1) is 9.53. The standard InChI is InChI=1S/C14H30N2O3S/c1-4-8-15-9-5-12-20(17,18)16(10-11-19-3)13(2)14-6-7-14/h13-15H,4-12H2,1-3H3. The lowest BCUT2D eigenvalue weighted by atomic mass is 10.2. The van der Waals surface area contributed by atoms with Gasteiger partial charge in [0.05, 0.1) is 12.4 Å². The quantitative estimate of drug-likeness (QED) is 0.555. The number of hydrogen-bond acceptors (Lipinski definition) is 4. The maximum Gasteiger partial charge on any atom is 0.214 e. The second-order valence-electron chi connectivity index (χ2n) is 5.60. The molecule has 1 saturated carbocycles. The van der Waals surface area contributed by atoms with Gasteiger partial charge >= 0.3 is 0 Å². The summed E-state index contributed by atoms with van der Waals surface area (Å²) in [7, 11) is -1.56. The number of rotatable bonds is 12. The van der Waals surface area contributed by atoms with Crippen molar-refractivity contribution in [2.45, 2.75) is 45.6 Å². The molecule has 0 aromatic carbocycles. The largest absolute Gasteiger partial charge is 0.383 e. The van der Waals surface area contributed by atoms with Crippen LogP contribution in [0, 0.1) is 5.92 Å². The highest BCUT2D eigenvalue weighted by Gasteiger charge is 2.36. The molecule has 0 radical (unpaired) electrons. The Bertz CT molecular complexity index is 355. The van der Waals surface area contributed by atoms with Gasteiger partial charge in [0.25, 0.3) is 0 Å². The molecular formula is C14H30N2O3S. The Labute approximate surface area is 124 Å². The Balaban J connectivity index is 2.48. The van der Waals surface area contributed by atoms with Crippen molar-refractivity contribution in [3.8, 4) is 0 Å². The van der Waals surface area contributed by atoms with E-state index in [0.717, 1.165) is 32.4 Å². The number of methoxy groups -OCH3 is 1. The lowest BCUT2D eigenvalue weighted by Gasteiger charge is -2.28. The Kier molecular flexibility index (Phi) is 8.02. The van der Waals surface area contributed by atoms with E-state index in [1.165, 1.54) is 0 Å². The van der Waals surface area contributed by atoms with E-state index in [9.17, 15) is 8.42 Å². The van der Waals surface area contributed by atoms with Gasteiger partial charge in [-0.2, -0.15) is 4.31 Å². The van der Waals surface area contributed by atoms with Crippen LogP contribution in [0.5, 0.6) is 0 Å². The average Bonchev–Trinajstić information content (AvgIpc) is 3.22. The Hall–Kier alpha value is -0.170. The summed E-state index contributed by atoms with van der Waals surface area (Å²) in [6.07, 6.45) is 4.05. The molecule has 20 heavy (non-hydrogen) atoms. The van der Waals surface area contributed by atoms with Crippen LogP contribution in [0.2, 0.25) is 0 Å². The smallest absolute Gasteiger partial charge is 0.214 e. The van der Waals surface area contributed by atoms with Crippen LogP contribution in [0.4, 0.5) is 0 Å². The highest BCUT2D eigenvalue weighted by atomic mass is 32.2. The second kappa shape index (κ2) is 8.97. The number of hydrogen-bond donors (Lipinski definition) is 1. The zero-order chi connectivity index (χ0) is 15.0. The van der Waals surface area contributed by atoms with Crippen molar-refractivity contribution in [3.05, 3.63) is 0 Å². The summed E-state index contributed by atoms with van der Waals surface area (Å²) in [6.45, 7) is 6.78. The van der Waals surface area contributed by atoms with Crippen molar-refractivity contribution in [2.75, 3.05) is 39.1 Å². The van der Waals surface area contributed by atoms with Crippen molar-refractivity contribution < 1.29 is 13.2 Å². The van der Waals surface area contributed by atoms with Crippen molar-refractivity contribution in [3.63, 3.8) is 0 Å². The van der Waals surface area contributed by atoms with Crippen LogP contribution in [-0.4, -0.2) is 57.9 Å². The van der Waals surface area contributed by atoms with Crippen LogP contribution in [0.15, 0.2) is 0 Å². The summed E-state index contributed by atoms with van der Waals surface area (Å²) >= 11 is 0. The third-order valence-electron chi connectivity index (χ3n) is 3.81. The molecule has 0 aliphatic heterocycles. The first-order valence-corrected chi connectivity index (χ1v) is 9.33. The fourth-order valence-corrected chi connectivity index (χ4v) is 4.16. The molecule has 6 heteroatoms. The summed E-state index contributed by atoms with van der Waals surface area (Å²) < 4.78 is 31.7. The molecule has 0 heterocycles. The van der Waals surface area contributed by atoms with Gasteiger partial charge < -0.3 is 10.1 Å². The summed E-state index contributed by atoms with van der Waals surface area (Å²) in [5.74, 6) is 0.768. The summed E-state index contributed by atoms with van der Waals surface area (Å²) in [6, 6.07) is 0.110. The summed E-state index contributed by atoms with van der Waals surface area (Å²) in [5, 5.41) is 3.25. The van der Waals surface area contributed by atoms with E-state index in [2.05, 4.69) is 12.2 Å². The number of sulfonamides is 1. The summed E-state index contributed by atoms with van der Waals surface area (Å²) in [4.78, 5) is 0. The fraction of sp³-hybridized carbons (Fsp3) is 1.00. The normalized spacial score (nSPS) is 17.6. The number of nitrogens with one attached hydrogen (secondary N) is 1. The van der Waals surface area contributed by atoms with Crippen molar-refractivity contribution in [2.24, 2.45) is 5.92 Å². The molecule has 120 valence electrons. The maximum atomic E-state index is 12.5. The van der Waals surface area contributed by atoms with Gasteiger partial charge in [0, 0.05) is 19.7 Å². The van der Waals surface area contributed by atoms with Gasteiger partial charge in [-0.25, -0.2) is 8.42 Å². The number of ether oxygens (including phenoxy) is 1. The predicted octanol–water partition coefficient (Wildman–Crippen LogP) is 1.45. The van der Waals surface area contributed by atoms with Gasteiger partial charge in [-0.1, -0.05) is 6.92 Å². The molecule has 1 rings (SSSR count). The lowest BCUT2D eigenvalue weighted by molar-refractivity contribution is 0.164. The third kappa shape index (κ3) is 6.08. The van der Waals surface area contributed by atoms with E-state index in [4.69, 9.17) is 4.74 Å². The molecule has 1 unspecified atom stereocenters. The molecule has 1 atom stereocenters. The van der Waals surface area contributed by atoms with Crippen molar-refractivity contribution in [1.82, 2.24) is 9.62 Å². The first kappa shape index (κ1) is 17.9. The number of nitrogens with zero attached hydrogens (tertiary/aromatic N) is 1. The molecule has 0 aromatic heterocycles. The molecule has 0 bridgehead atoms. The zero-order valence-corrected chi connectivity index (χ0v) is 13.9. The highest BCUT2D eigenvalue weighted by molar-refractivity contribution is 7.89. The molecule has 1 aliphatic rings. The lowest BCUT2D eigenvalue weighted by Crippen LogP contribution is -2.43. The summed E-state index contributed by atoms with van der Waals surface area (Å²) in [5.41, 5.74) is 0. The molecule has 0 saturated heterocycles. The predicted molar refractivity (Wildman–Crippen MR) is 82.3 cm³/mol. The van der Waals surface area contributed by atoms with E-state index < -0.39 is 10.0 Å². The minimum absolute atomic E-state index is 0.110. The molecule has 1 aliphatic carbocycles. The first-order valence-electron chi connectivity index (χ1n) is 7.72. The maximum absolute atomic E-state index is 12.5. The highest BCUT2D eigenvalue weighted by Crippen LogP contribution is 2.36. The Morgan fingerprint density at radius 2 is 2.05 bits per heavy atom. The third-order valence-corrected chi connectivity index (χ3v) is 5.85. The minimum atomic E-state index is -3.17. The molecular weight excluding hydrogens is 276 g/mol. The van der Waals surface area contributed by atoms with E-state index in [1.54, 1.807) is 11.4 Å².